The molecule has 0 aromatic heterocycles. The van der Waals surface area contributed by atoms with Gasteiger partial charge in [-0.1, -0.05) is 25.5 Å². The summed E-state index contributed by atoms with van der Waals surface area (Å²) in [5.74, 6) is 0.0121. The van der Waals surface area contributed by atoms with Crippen LogP contribution in [-0.4, -0.2) is 24.8 Å². The molecule has 0 saturated heterocycles. The van der Waals surface area contributed by atoms with Crippen LogP contribution in [0.25, 0.3) is 0 Å². The van der Waals surface area contributed by atoms with Gasteiger partial charge in [0.25, 0.3) is 0 Å². The van der Waals surface area contributed by atoms with Crippen molar-refractivity contribution in [3.05, 3.63) is 11.6 Å². The van der Waals surface area contributed by atoms with Gasteiger partial charge in [-0.3, -0.25) is 4.79 Å². The minimum absolute atomic E-state index is 0.0243. The van der Waals surface area contributed by atoms with Crippen molar-refractivity contribution < 1.29 is 14.6 Å². The number of aliphatic hydroxyl groups is 1. The van der Waals surface area contributed by atoms with Crippen LogP contribution >= 0.6 is 0 Å². The van der Waals surface area contributed by atoms with Gasteiger partial charge in [-0.05, 0) is 18.3 Å². The second-order valence-corrected chi connectivity index (χ2v) is 4.52. The molecule has 3 heteroatoms. The first-order valence-electron chi connectivity index (χ1n) is 4.81. The van der Waals surface area contributed by atoms with E-state index in [9.17, 15) is 4.79 Å². The SMILES string of the molecule is COC(=O)[C@H]1[C@@H](/C=C(/C)CO)C1(C)C. The van der Waals surface area contributed by atoms with Gasteiger partial charge >= 0.3 is 5.97 Å². The van der Waals surface area contributed by atoms with Crippen LogP contribution in [0.1, 0.15) is 20.8 Å². The number of rotatable bonds is 3. The lowest BCUT2D eigenvalue weighted by Crippen LogP contribution is -2.07. The highest BCUT2D eigenvalue weighted by atomic mass is 16.5. The topological polar surface area (TPSA) is 46.5 Å². The molecule has 0 amide bonds. The van der Waals surface area contributed by atoms with Gasteiger partial charge < -0.3 is 9.84 Å². The largest absolute Gasteiger partial charge is 0.469 e. The predicted octanol–water partition coefficient (Wildman–Crippen LogP) is 1.37. The Morgan fingerprint density at radius 1 is 1.57 bits per heavy atom. The van der Waals surface area contributed by atoms with Gasteiger partial charge in [0.2, 0.25) is 0 Å². The molecule has 1 aliphatic rings. The molecule has 80 valence electrons. The maximum Gasteiger partial charge on any atom is 0.309 e. The van der Waals surface area contributed by atoms with Crippen LogP contribution in [0.15, 0.2) is 11.6 Å². The van der Waals surface area contributed by atoms with Crippen LogP contribution < -0.4 is 0 Å². The van der Waals surface area contributed by atoms with Gasteiger partial charge in [-0.25, -0.2) is 0 Å². The summed E-state index contributed by atoms with van der Waals surface area (Å²) < 4.78 is 4.72. The van der Waals surface area contributed by atoms with Crippen molar-refractivity contribution in [3.63, 3.8) is 0 Å². The quantitative estimate of drug-likeness (QED) is 0.550. The molecule has 2 atom stereocenters. The van der Waals surface area contributed by atoms with Gasteiger partial charge in [0.05, 0.1) is 19.6 Å². The first-order valence-corrected chi connectivity index (χ1v) is 4.81. The summed E-state index contributed by atoms with van der Waals surface area (Å²) in [6.07, 6.45) is 1.97. The molecule has 0 aliphatic heterocycles. The van der Waals surface area contributed by atoms with E-state index >= 15 is 0 Å². The number of allylic oxidation sites excluding steroid dienone is 1. The summed E-state index contributed by atoms with van der Waals surface area (Å²) in [4.78, 5) is 11.4. The molecule has 1 fully saturated rings. The van der Waals surface area contributed by atoms with Crippen molar-refractivity contribution >= 4 is 5.97 Å². The summed E-state index contributed by atoms with van der Waals surface area (Å²) in [5.41, 5.74) is 0.887. The third kappa shape index (κ3) is 1.82. The van der Waals surface area contributed by atoms with Crippen molar-refractivity contribution in [2.75, 3.05) is 13.7 Å². The smallest absolute Gasteiger partial charge is 0.309 e. The second-order valence-electron chi connectivity index (χ2n) is 4.52. The van der Waals surface area contributed by atoms with Crippen LogP contribution in [-0.2, 0) is 9.53 Å². The van der Waals surface area contributed by atoms with Crippen LogP contribution in [0.5, 0.6) is 0 Å². The highest BCUT2D eigenvalue weighted by Gasteiger charge is 2.61. The Morgan fingerprint density at radius 3 is 2.57 bits per heavy atom. The normalized spacial score (nSPS) is 29.9. The minimum atomic E-state index is -0.151. The molecule has 0 radical (unpaired) electrons. The number of hydrogen-bond acceptors (Lipinski definition) is 3. The number of methoxy groups -OCH3 is 1. The van der Waals surface area contributed by atoms with Gasteiger partial charge in [-0.2, -0.15) is 0 Å². The number of esters is 1. The van der Waals surface area contributed by atoms with E-state index < -0.39 is 0 Å². The van der Waals surface area contributed by atoms with Crippen LogP contribution in [0, 0.1) is 17.3 Å². The average molecular weight is 198 g/mol. The molecule has 1 rings (SSSR count). The molecular formula is C11H18O3. The standard InChI is InChI=1S/C11H18O3/c1-7(6-12)5-8-9(10(13)14-4)11(8,2)3/h5,8-9,12H,6H2,1-4H3/b7-5-/t8-,9-/m1/s1. The van der Waals surface area contributed by atoms with E-state index in [0.717, 1.165) is 5.57 Å². The minimum Gasteiger partial charge on any atom is -0.469 e. The molecular weight excluding hydrogens is 180 g/mol. The molecule has 0 bridgehead atoms. The zero-order valence-corrected chi connectivity index (χ0v) is 9.20. The molecule has 0 unspecified atom stereocenters. The van der Waals surface area contributed by atoms with E-state index in [-0.39, 0.29) is 29.8 Å². The van der Waals surface area contributed by atoms with E-state index in [1.165, 1.54) is 7.11 Å². The first-order chi connectivity index (χ1) is 6.45. The number of hydrogen-bond donors (Lipinski definition) is 1. The van der Waals surface area contributed by atoms with Crippen LogP contribution in [0.3, 0.4) is 0 Å². The summed E-state index contributed by atoms with van der Waals surface area (Å²) in [6.45, 7) is 6.00. The Hall–Kier alpha value is -0.830. The first kappa shape index (κ1) is 11.2. The molecule has 0 spiro atoms. The van der Waals surface area contributed by atoms with Crippen LogP contribution in [0.4, 0.5) is 0 Å². The Morgan fingerprint density at radius 2 is 2.14 bits per heavy atom. The Bertz CT molecular complexity index is 266. The predicted molar refractivity (Wildman–Crippen MR) is 53.6 cm³/mol. The fraction of sp³-hybridized carbons (Fsp3) is 0.727. The summed E-state index contributed by atoms with van der Waals surface area (Å²) in [7, 11) is 1.41. The van der Waals surface area contributed by atoms with Crippen molar-refractivity contribution in [2.45, 2.75) is 20.8 Å². The molecule has 1 N–H and O–H groups in total. The zero-order valence-electron chi connectivity index (χ0n) is 9.20. The summed E-state index contributed by atoms with van der Waals surface area (Å²) >= 11 is 0. The third-order valence-electron chi connectivity index (χ3n) is 3.08. The van der Waals surface area contributed by atoms with Crippen LogP contribution in [0.2, 0.25) is 0 Å². The van der Waals surface area contributed by atoms with E-state index in [4.69, 9.17) is 9.84 Å². The highest BCUT2D eigenvalue weighted by Crippen LogP contribution is 2.59. The summed E-state index contributed by atoms with van der Waals surface area (Å²) in [5, 5.41) is 8.88. The van der Waals surface area contributed by atoms with Gasteiger partial charge in [0.1, 0.15) is 0 Å². The lowest BCUT2D eigenvalue weighted by Gasteiger charge is -1.99. The van der Waals surface area contributed by atoms with Crippen molar-refractivity contribution in [3.8, 4) is 0 Å². The Kier molecular flexibility index (Phi) is 3.00. The monoisotopic (exact) mass is 198 g/mol. The number of carbonyl (C=O) groups is 1. The maximum absolute atomic E-state index is 11.4. The van der Waals surface area contributed by atoms with Crippen molar-refractivity contribution in [1.82, 2.24) is 0 Å². The van der Waals surface area contributed by atoms with E-state index in [1.807, 2.05) is 26.8 Å². The summed E-state index contributed by atoms with van der Waals surface area (Å²) in [6, 6.07) is 0. The zero-order chi connectivity index (χ0) is 10.9. The molecule has 0 aromatic rings. The molecule has 14 heavy (non-hydrogen) atoms. The van der Waals surface area contributed by atoms with E-state index in [2.05, 4.69) is 0 Å². The third-order valence-corrected chi connectivity index (χ3v) is 3.08. The fourth-order valence-corrected chi connectivity index (χ4v) is 1.93. The maximum atomic E-state index is 11.4. The second kappa shape index (κ2) is 3.73. The molecule has 1 saturated carbocycles. The molecule has 0 heterocycles. The van der Waals surface area contributed by atoms with Gasteiger partial charge in [-0.15, -0.1) is 0 Å². The van der Waals surface area contributed by atoms with Crippen molar-refractivity contribution in [1.29, 1.82) is 0 Å². The molecule has 1 aliphatic carbocycles. The molecule has 3 nitrogen and oxygen atoms in total. The van der Waals surface area contributed by atoms with E-state index in [0.29, 0.717) is 0 Å². The van der Waals surface area contributed by atoms with E-state index in [1.54, 1.807) is 0 Å². The number of ether oxygens (including phenoxy) is 1. The van der Waals surface area contributed by atoms with Gasteiger partial charge in [0, 0.05) is 0 Å². The average Bonchev–Trinajstić information content (AvgIpc) is 2.67. The molecule has 0 aromatic carbocycles. The Labute approximate surface area is 84.8 Å². The fourth-order valence-electron chi connectivity index (χ4n) is 1.93. The van der Waals surface area contributed by atoms with Crippen molar-refractivity contribution in [2.24, 2.45) is 17.3 Å². The lowest BCUT2D eigenvalue weighted by atomic mass is 10.1. The number of carbonyl (C=O) groups excluding carboxylic acids is 1. The lowest BCUT2D eigenvalue weighted by molar-refractivity contribution is -0.143. The van der Waals surface area contributed by atoms with Gasteiger partial charge in [0.15, 0.2) is 0 Å². The number of aliphatic hydroxyl groups excluding tert-OH is 1. The Balaban J connectivity index is 2.71. The highest BCUT2D eigenvalue weighted by molar-refractivity contribution is 5.78.